The second kappa shape index (κ2) is 7.43. The van der Waals surface area contributed by atoms with E-state index in [0.717, 1.165) is 31.9 Å². The number of hydrogen-bond acceptors (Lipinski definition) is 3. The van der Waals surface area contributed by atoms with E-state index in [4.69, 9.17) is 9.47 Å². The summed E-state index contributed by atoms with van der Waals surface area (Å²) in [5, 5.41) is 3.53. The first-order chi connectivity index (χ1) is 9.95. The molecule has 0 aromatic rings. The van der Waals surface area contributed by atoms with Crippen molar-refractivity contribution in [3.63, 3.8) is 0 Å². The SMILES string of the molecule is CCCOC1C(NCC)CC1OC1CC(C)CC(C)(C)C1. The maximum Gasteiger partial charge on any atom is 0.0990 e. The van der Waals surface area contributed by atoms with Crippen LogP contribution < -0.4 is 5.32 Å². The van der Waals surface area contributed by atoms with Gasteiger partial charge in [-0.25, -0.2) is 0 Å². The van der Waals surface area contributed by atoms with E-state index in [9.17, 15) is 0 Å². The predicted molar refractivity (Wildman–Crippen MR) is 87.6 cm³/mol. The van der Waals surface area contributed by atoms with Crippen molar-refractivity contribution in [1.29, 1.82) is 0 Å². The summed E-state index contributed by atoms with van der Waals surface area (Å²) in [6.07, 6.45) is 6.89. The summed E-state index contributed by atoms with van der Waals surface area (Å²) in [5.74, 6) is 0.776. The molecular weight excluding hydrogens is 262 g/mol. The summed E-state index contributed by atoms with van der Waals surface area (Å²) in [5.41, 5.74) is 0.424. The Morgan fingerprint density at radius 3 is 2.52 bits per heavy atom. The lowest BCUT2D eigenvalue weighted by atomic mass is 9.71. The largest absolute Gasteiger partial charge is 0.374 e. The highest BCUT2D eigenvalue weighted by Gasteiger charge is 2.44. The highest BCUT2D eigenvalue weighted by molar-refractivity contribution is 4.98. The van der Waals surface area contributed by atoms with Gasteiger partial charge >= 0.3 is 0 Å². The average molecular weight is 297 g/mol. The predicted octanol–water partition coefficient (Wildman–Crippen LogP) is 3.76. The second-order valence-electron chi connectivity index (χ2n) is 7.95. The van der Waals surface area contributed by atoms with Crippen LogP contribution in [0.3, 0.4) is 0 Å². The van der Waals surface area contributed by atoms with Crippen LogP contribution in [0.25, 0.3) is 0 Å². The molecule has 5 atom stereocenters. The topological polar surface area (TPSA) is 30.5 Å². The van der Waals surface area contributed by atoms with Crippen molar-refractivity contribution in [1.82, 2.24) is 5.32 Å². The minimum Gasteiger partial charge on any atom is -0.374 e. The van der Waals surface area contributed by atoms with Crippen LogP contribution in [-0.2, 0) is 9.47 Å². The summed E-state index contributed by atoms with van der Waals surface area (Å²) in [6.45, 7) is 13.3. The van der Waals surface area contributed by atoms with Crippen LogP contribution in [-0.4, -0.2) is 37.5 Å². The van der Waals surface area contributed by atoms with Gasteiger partial charge in [0, 0.05) is 12.6 Å². The van der Waals surface area contributed by atoms with Crippen molar-refractivity contribution < 1.29 is 9.47 Å². The summed E-state index contributed by atoms with van der Waals surface area (Å²) < 4.78 is 12.5. The summed E-state index contributed by atoms with van der Waals surface area (Å²) in [6, 6.07) is 0.487. The van der Waals surface area contributed by atoms with Crippen LogP contribution in [0, 0.1) is 11.3 Å². The first-order valence-electron chi connectivity index (χ1n) is 8.95. The molecule has 0 bridgehead atoms. The molecule has 2 saturated carbocycles. The minimum atomic E-state index is 0.255. The molecule has 0 amide bonds. The summed E-state index contributed by atoms with van der Waals surface area (Å²) in [7, 11) is 0. The van der Waals surface area contributed by atoms with E-state index < -0.39 is 0 Å². The molecule has 2 aliphatic carbocycles. The third-order valence-corrected chi connectivity index (χ3v) is 4.94. The standard InChI is InChI=1S/C18H35NO2/c1-6-8-20-17-15(19-7-2)10-16(17)21-14-9-13(3)11-18(4,5)12-14/h13-17,19H,6-12H2,1-5H3. The van der Waals surface area contributed by atoms with E-state index in [2.05, 4.69) is 39.9 Å². The Hall–Kier alpha value is -0.120. The number of hydrogen-bond donors (Lipinski definition) is 1. The van der Waals surface area contributed by atoms with Crippen molar-refractivity contribution in [2.45, 2.75) is 91.1 Å². The lowest BCUT2D eigenvalue weighted by Gasteiger charge is -2.48. The molecule has 0 saturated heterocycles. The van der Waals surface area contributed by atoms with Gasteiger partial charge in [-0.05, 0) is 50.0 Å². The van der Waals surface area contributed by atoms with E-state index >= 15 is 0 Å². The van der Waals surface area contributed by atoms with E-state index in [-0.39, 0.29) is 6.10 Å². The molecule has 2 fully saturated rings. The van der Waals surface area contributed by atoms with Crippen molar-refractivity contribution in [3.8, 4) is 0 Å². The fourth-order valence-electron chi connectivity index (χ4n) is 4.26. The molecule has 21 heavy (non-hydrogen) atoms. The van der Waals surface area contributed by atoms with E-state index in [1.165, 1.54) is 19.3 Å². The molecule has 0 radical (unpaired) electrons. The van der Waals surface area contributed by atoms with Crippen molar-refractivity contribution in [3.05, 3.63) is 0 Å². The van der Waals surface area contributed by atoms with Crippen LogP contribution in [0.1, 0.15) is 66.7 Å². The Morgan fingerprint density at radius 1 is 1.14 bits per heavy atom. The molecule has 0 heterocycles. The van der Waals surface area contributed by atoms with Crippen molar-refractivity contribution >= 4 is 0 Å². The first-order valence-corrected chi connectivity index (χ1v) is 8.95. The quantitative estimate of drug-likeness (QED) is 0.776. The van der Waals surface area contributed by atoms with Crippen LogP contribution >= 0.6 is 0 Å². The van der Waals surface area contributed by atoms with E-state index in [0.29, 0.717) is 23.7 Å². The zero-order valence-corrected chi connectivity index (χ0v) is 14.7. The van der Waals surface area contributed by atoms with Gasteiger partial charge < -0.3 is 14.8 Å². The summed E-state index contributed by atoms with van der Waals surface area (Å²) in [4.78, 5) is 0. The van der Waals surface area contributed by atoms with Crippen LogP contribution in [0.4, 0.5) is 0 Å². The Labute approximate surface area is 131 Å². The maximum atomic E-state index is 6.45. The van der Waals surface area contributed by atoms with Crippen LogP contribution in [0.2, 0.25) is 0 Å². The third kappa shape index (κ3) is 4.67. The van der Waals surface area contributed by atoms with Gasteiger partial charge in [-0.2, -0.15) is 0 Å². The van der Waals surface area contributed by atoms with Gasteiger partial charge in [0.25, 0.3) is 0 Å². The zero-order valence-electron chi connectivity index (χ0n) is 14.7. The van der Waals surface area contributed by atoms with E-state index in [1.54, 1.807) is 0 Å². The smallest absolute Gasteiger partial charge is 0.0990 e. The molecule has 3 nitrogen and oxygen atoms in total. The lowest BCUT2D eigenvalue weighted by Crippen LogP contribution is -2.61. The van der Waals surface area contributed by atoms with Crippen molar-refractivity contribution in [2.75, 3.05) is 13.2 Å². The molecule has 0 aromatic carbocycles. The fourth-order valence-corrected chi connectivity index (χ4v) is 4.26. The fraction of sp³-hybridized carbons (Fsp3) is 1.00. The first kappa shape index (κ1) is 17.2. The highest BCUT2D eigenvalue weighted by Crippen LogP contribution is 2.41. The molecule has 0 spiro atoms. The number of ether oxygens (including phenoxy) is 2. The van der Waals surface area contributed by atoms with Gasteiger partial charge in [0.2, 0.25) is 0 Å². The number of rotatable bonds is 7. The molecule has 0 aromatic heterocycles. The molecule has 124 valence electrons. The Kier molecular flexibility index (Phi) is 6.10. The molecule has 1 N–H and O–H groups in total. The van der Waals surface area contributed by atoms with Gasteiger partial charge in [-0.15, -0.1) is 0 Å². The van der Waals surface area contributed by atoms with Crippen molar-refractivity contribution in [2.24, 2.45) is 11.3 Å². The van der Waals surface area contributed by atoms with Gasteiger partial charge in [-0.3, -0.25) is 0 Å². The van der Waals surface area contributed by atoms with Gasteiger partial charge in [0.15, 0.2) is 0 Å². The summed E-state index contributed by atoms with van der Waals surface area (Å²) >= 11 is 0. The molecule has 2 aliphatic rings. The van der Waals surface area contributed by atoms with Crippen LogP contribution in [0.5, 0.6) is 0 Å². The van der Waals surface area contributed by atoms with Gasteiger partial charge in [0.05, 0.1) is 18.3 Å². The number of likely N-dealkylation sites (N-methyl/N-ethyl adjacent to an activating group) is 1. The highest BCUT2D eigenvalue weighted by atomic mass is 16.6. The second-order valence-corrected chi connectivity index (χ2v) is 7.95. The molecule has 3 heteroatoms. The Balaban J connectivity index is 1.86. The molecule has 2 rings (SSSR count). The van der Waals surface area contributed by atoms with Crippen LogP contribution in [0.15, 0.2) is 0 Å². The minimum absolute atomic E-state index is 0.255. The van der Waals surface area contributed by atoms with Gasteiger partial charge in [-0.1, -0.05) is 34.6 Å². The molecular formula is C18H35NO2. The monoisotopic (exact) mass is 297 g/mol. The van der Waals surface area contributed by atoms with E-state index in [1.807, 2.05) is 0 Å². The number of nitrogens with one attached hydrogen (secondary N) is 1. The zero-order chi connectivity index (χ0) is 15.5. The molecule has 5 unspecified atom stereocenters. The normalized spacial score (nSPS) is 39.0. The third-order valence-electron chi connectivity index (χ3n) is 4.94. The lowest BCUT2D eigenvalue weighted by molar-refractivity contribution is -0.181. The maximum absolute atomic E-state index is 6.45. The Morgan fingerprint density at radius 2 is 1.90 bits per heavy atom. The Bertz CT molecular complexity index is 318. The molecule has 0 aliphatic heterocycles. The van der Waals surface area contributed by atoms with Gasteiger partial charge in [0.1, 0.15) is 0 Å². The average Bonchev–Trinajstić information content (AvgIpc) is 2.35.